The number of rotatable bonds is 8. The van der Waals surface area contributed by atoms with E-state index < -0.39 is 0 Å². The number of hydrogen-bond donors (Lipinski definition) is 1. The van der Waals surface area contributed by atoms with Crippen LogP contribution in [0.2, 0.25) is 0 Å². The molecule has 63 heavy (non-hydrogen) atoms. The molecule has 0 spiro atoms. The Morgan fingerprint density at radius 3 is 1.83 bits per heavy atom. The fourth-order valence-corrected chi connectivity index (χ4v) is 10.1. The molecule has 2 heteroatoms. The number of hydrogen-bond acceptors (Lipinski definition) is 1. The Morgan fingerprint density at radius 2 is 1.05 bits per heavy atom. The lowest BCUT2D eigenvalue weighted by atomic mass is 9.81. The van der Waals surface area contributed by atoms with Crippen molar-refractivity contribution < 1.29 is 0 Å². The Labute approximate surface area is 369 Å². The minimum Gasteiger partial charge on any atom is -0.383 e. The summed E-state index contributed by atoms with van der Waals surface area (Å²) in [6, 6.07) is 76.6. The first-order chi connectivity index (χ1) is 30.9. The van der Waals surface area contributed by atoms with E-state index in [1.807, 2.05) is 30.3 Å². The standard InChI is InChI=1S/C61H46N2/c1-61(2)54-28-16-15-25-49(54)50-36-34-46(39-55(50)61)47-23-11-9-17-40(47)35-38-56(63-60(62)45-21-7-4-8-22-45)42-29-31-44(32-30-42)58-52-27-14-13-26-51(52)57(43-19-5-3-6-20-43)53-37-33-41-18-10-12-24-48(41)59(53)58/h3-34,36-39H,35H2,1-2H3,(H2,62,63)/b56-38-. The summed E-state index contributed by atoms with van der Waals surface area (Å²) >= 11 is 0. The molecule has 0 saturated carbocycles. The third kappa shape index (κ3) is 6.63. The molecule has 1 aliphatic carbocycles. The van der Waals surface area contributed by atoms with Gasteiger partial charge in [-0.05, 0) is 112 Å². The van der Waals surface area contributed by atoms with Crippen molar-refractivity contribution in [3.63, 3.8) is 0 Å². The van der Waals surface area contributed by atoms with Crippen molar-refractivity contribution in [2.75, 3.05) is 0 Å². The van der Waals surface area contributed by atoms with E-state index in [9.17, 15) is 0 Å². The van der Waals surface area contributed by atoms with E-state index in [1.165, 1.54) is 88.0 Å². The molecule has 2 N–H and O–H groups in total. The monoisotopic (exact) mass is 806 g/mol. The lowest BCUT2D eigenvalue weighted by Crippen LogP contribution is -2.14. The van der Waals surface area contributed by atoms with Crippen LogP contribution in [0.1, 0.15) is 41.7 Å². The average molecular weight is 807 g/mol. The SMILES string of the molecule is CC1(C)c2ccccc2-c2ccc(-c3ccccc3C/C=C(\N=C(N)c3ccccc3)c3ccc(-c4c5ccccc5c(-c5ccccc5)c5ccc6ccccc6c45)cc3)cc21. The molecule has 0 amide bonds. The average Bonchev–Trinajstić information content (AvgIpc) is 3.57. The maximum absolute atomic E-state index is 6.81. The quantitative estimate of drug-likeness (QED) is 0.0706. The molecule has 0 radical (unpaired) electrons. The highest BCUT2D eigenvalue weighted by molar-refractivity contribution is 6.27. The fraction of sp³-hybridized carbons (Fsp3) is 0.0656. The number of benzene rings is 10. The molecule has 11 rings (SSSR count). The van der Waals surface area contributed by atoms with Gasteiger partial charge in [0.15, 0.2) is 0 Å². The fourth-order valence-electron chi connectivity index (χ4n) is 10.1. The van der Waals surface area contributed by atoms with Gasteiger partial charge in [0.1, 0.15) is 5.84 Å². The molecule has 10 aromatic rings. The van der Waals surface area contributed by atoms with Gasteiger partial charge >= 0.3 is 0 Å². The van der Waals surface area contributed by atoms with Gasteiger partial charge in [0, 0.05) is 11.0 Å². The molecule has 2 nitrogen and oxygen atoms in total. The van der Waals surface area contributed by atoms with Crippen LogP contribution in [-0.2, 0) is 11.8 Å². The highest BCUT2D eigenvalue weighted by Gasteiger charge is 2.35. The molecular formula is C61H46N2. The molecule has 1 aliphatic rings. The molecule has 0 heterocycles. The van der Waals surface area contributed by atoms with Crippen molar-refractivity contribution in [2.45, 2.75) is 25.7 Å². The summed E-state index contributed by atoms with van der Waals surface area (Å²) in [6.45, 7) is 4.69. The van der Waals surface area contributed by atoms with Crippen molar-refractivity contribution >= 4 is 43.9 Å². The molecule has 0 aliphatic heterocycles. The molecule has 10 aromatic carbocycles. The van der Waals surface area contributed by atoms with Crippen molar-refractivity contribution in [2.24, 2.45) is 10.7 Å². The Morgan fingerprint density at radius 1 is 0.460 bits per heavy atom. The molecule has 0 fully saturated rings. The maximum Gasteiger partial charge on any atom is 0.131 e. The van der Waals surface area contributed by atoms with Gasteiger partial charge in [-0.2, -0.15) is 0 Å². The highest BCUT2D eigenvalue weighted by Crippen LogP contribution is 2.50. The van der Waals surface area contributed by atoms with Crippen LogP contribution in [0.5, 0.6) is 0 Å². The van der Waals surface area contributed by atoms with E-state index in [0.717, 1.165) is 22.4 Å². The van der Waals surface area contributed by atoms with Crippen molar-refractivity contribution in [1.29, 1.82) is 0 Å². The normalized spacial score (nSPS) is 13.4. The highest BCUT2D eigenvalue weighted by atomic mass is 14.9. The van der Waals surface area contributed by atoms with Gasteiger partial charge in [0.2, 0.25) is 0 Å². The number of allylic oxidation sites excluding steroid dienone is 1. The second-order valence-electron chi connectivity index (χ2n) is 17.2. The first kappa shape index (κ1) is 38.1. The Balaban J connectivity index is 1.03. The Kier molecular flexibility index (Phi) is 9.43. The van der Waals surface area contributed by atoms with E-state index >= 15 is 0 Å². The summed E-state index contributed by atoms with van der Waals surface area (Å²) < 4.78 is 0. The lowest BCUT2D eigenvalue weighted by molar-refractivity contribution is 0.660. The Hall–Kier alpha value is -7.81. The van der Waals surface area contributed by atoms with Gasteiger partial charge < -0.3 is 5.73 Å². The zero-order valence-electron chi connectivity index (χ0n) is 35.5. The van der Waals surface area contributed by atoms with E-state index in [0.29, 0.717) is 12.3 Å². The van der Waals surface area contributed by atoms with Crippen molar-refractivity contribution in [3.05, 3.63) is 246 Å². The molecule has 300 valence electrons. The maximum atomic E-state index is 6.81. The van der Waals surface area contributed by atoms with Gasteiger partial charge in [0.05, 0.1) is 5.70 Å². The van der Waals surface area contributed by atoms with E-state index in [4.69, 9.17) is 10.7 Å². The summed E-state index contributed by atoms with van der Waals surface area (Å²) in [6.07, 6.45) is 2.92. The van der Waals surface area contributed by atoms with Gasteiger partial charge in [-0.25, -0.2) is 4.99 Å². The summed E-state index contributed by atoms with van der Waals surface area (Å²) in [5.74, 6) is 0.486. The molecule has 0 saturated heterocycles. The minimum absolute atomic E-state index is 0.0740. The third-order valence-electron chi connectivity index (χ3n) is 13.2. The number of nitrogens with two attached hydrogens (primary N) is 1. The summed E-state index contributed by atoms with van der Waals surface area (Å²) in [4.78, 5) is 5.17. The lowest BCUT2D eigenvalue weighted by Gasteiger charge is -2.22. The smallest absolute Gasteiger partial charge is 0.131 e. The first-order valence-electron chi connectivity index (χ1n) is 21.9. The van der Waals surface area contributed by atoms with Crippen LogP contribution in [-0.4, -0.2) is 5.84 Å². The van der Waals surface area contributed by atoms with E-state index in [2.05, 4.69) is 202 Å². The van der Waals surface area contributed by atoms with Crippen LogP contribution in [0.15, 0.2) is 223 Å². The van der Waals surface area contributed by atoms with Crippen LogP contribution in [0, 0.1) is 0 Å². The first-order valence-corrected chi connectivity index (χ1v) is 21.9. The van der Waals surface area contributed by atoms with Crippen LogP contribution in [0.25, 0.3) is 82.5 Å². The largest absolute Gasteiger partial charge is 0.383 e. The number of fused-ring (bicyclic) bond motifs is 7. The molecule has 0 bridgehead atoms. The van der Waals surface area contributed by atoms with E-state index in [1.54, 1.807) is 0 Å². The second-order valence-corrected chi connectivity index (χ2v) is 17.2. The third-order valence-corrected chi connectivity index (χ3v) is 13.2. The van der Waals surface area contributed by atoms with Crippen LogP contribution in [0.4, 0.5) is 0 Å². The Bertz CT molecular complexity index is 3430. The van der Waals surface area contributed by atoms with E-state index in [-0.39, 0.29) is 5.41 Å². The minimum atomic E-state index is -0.0740. The summed E-state index contributed by atoms with van der Waals surface area (Å²) in [5.41, 5.74) is 23.4. The van der Waals surface area contributed by atoms with Crippen LogP contribution in [0.3, 0.4) is 0 Å². The summed E-state index contributed by atoms with van der Waals surface area (Å²) in [7, 11) is 0. The predicted molar refractivity (Wildman–Crippen MR) is 268 cm³/mol. The zero-order valence-corrected chi connectivity index (χ0v) is 35.5. The predicted octanol–water partition coefficient (Wildman–Crippen LogP) is 15.4. The van der Waals surface area contributed by atoms with Crippen LogP contribution >= 0.6 is 0 Å². The van der Waals surface area contributed by atoms with Gasteiger partial charge in [-0.3, -0.25) is 0 Å². The van der Waals surface area contributed by atoms with Gasteiger partial charge in [0.25, 0.3) is 0 Å². The van der Waals surface area contributed by atoms with Gasteiger partial charge in [-0.1, -0.05) is 226 Å². The van der Waals surface area contributed by atoms with Crippen molar-refractivity contribution in [1.82, 2.24) is 0 Å². The van der Waals surface area contributed by atoms with Gasteiger partial charge in [-0.15, -0.1) is 0 Å². The second kappa shape index (κ2) is 15.6. The molecule has 0 aromatic heterocycles. The topological polar surface area (TPSA) is 38.4 Å². The zero-order chi connectivity index (χ0) is 42.5. The molecule has 0 unspecified atom stereocenters. The number of aliphatic imine (C=N–C) groups is 1. The van der Waals surface area contributed by atoms with Crippen LogP contribution < -0.4 is 5.73 Å². The number of nitrogens with zero attached hydrogens (tertiary/aromatic N) is 1. The number of amidine groups is 1. The molecular weight excluding hydrogens is 761 g/mol. The summed E-state index contributed by atoms with van der Waals surface area (Å²) in [5, 5.41) is 7.44. The van der Waals surface area contributed by atoms with Crippen molar-refractivity contribution in [3.8, 4) is 44.5 Å². The molecule has 0 atom stereocenters.